The second-order valence-electron chi connectivity index (χ2n) is 2.96. The molecule has 1 aromatic rings. The summed E-state index contributed by atoms with van der Waals surface area (Å²) >= 11 is 5.93. The summed E-state index contributed by atoms with van der Waals surface area (Å²) in [6.07, 6.45) is 3.69. The number of carbonyl (C=O) groups excluding carboxylic acids is 1. The van der Waals surface area contributed by atoms with Crippen LogP contribution >= 0.6 is 11.6 Å². The molecule has 15 heavy (non-hydrogen) atoms. The van der Waals surface area contributed by atoms with Gasteiger partial charge in [0, 0.05) is 10.7 Å². The van der Waals surface area contributed by atoms with E-state index < -0.39 is 0 Å². The van der Waals surface area contributed by atoms with E-state index in [1.165, 1.54) is 7.11 Å². The lowest BCUT2D eigenvalue weighted by Crippen LogP contribution is -1.96. The summed E-state index contributed by atoms with van der Waals surface area (Å²) in [6, 6.07) is 5.22. The van der Waals surface area contributed by atoms with E-state index >= 15 is 0 Å². The molecule has 0 aliphatic rings. The fourth-order valence-corrected chi connectivity index (χ4v) is 1.30. The van der Waals surface area contributed by atoms with Crippen molar-refractivity contribution in [2.75, 3.05) is 12.8 Å². The average Bonchev–Trinajstić information content (AvgIpc) is 2.21. The molecular formula is C11H12ClNO2. The van der Waals surface area contributed by atoms with Crippen molar-refractivity contribution < 1.29 is 9.53 Å². The lowest BCUT2D eigenvalue weighted by Gasteiger charge is -1.99. The maximum atomic E-state index is 10.8. The van der Waals surface area contributed by atoms with E-state index in [0.29, 0.717) is 10.7 Å². The molecule has 0 aromatic heterocycles. The Morgan fingerprint density at radius 2 is 2.33 bits per heavy atom. The number of nitrogen functional groups attached to an aromatic ring is 1. The van der Waals surface area contributed by atoms with E-state index in [-0.39, 0.29) is 12.4 Å². The van der Waals surface area contributed by atoms with Gasteiger partial charge in [0.15, 0.2) is 0 Å². The number of methoxy groups -OCH3 is 1. The second-order valence-corrected chi connectivity index (χ2v) is 3.37. The number of esters is 1. The van der Waals surface area contributed by atoms with Gasteiger partial charge in [-0.25, -0.2) is 0 Å². The number of ether oxygens (including phenoxy) is 1. The molecule has 0 bridgehead atoms. The number of carbonyl (C=O) groups is 1. The highest BCUT2D eigenvalue weighted by Crippen LogP contribution is 2.20. The second kappa shape index (κ2) is 5.41. The maximum absolute atomic E-state index is 10.8. The SMILES string of the molecule is COC(=O)CC=Cc1ccc(N)cc1Cl. The van der Waals surface area contributed by atoms with E-state index in [4.69, 9.17) is 17.3 Å². The molecule has 0 spiro atoms. The normalized spacial score (nSPS) is 10.5. The molecule has 0 unspecified atom stereocenters. The van der Waals surface area contributed by atoms with Crippen molar-refractivity contribution in [2.24, 2.45) is 0 Å². The maximum Gasteiger partial charge on any atom is 0.309 e. The van der Waals surface area contributed by atoms with Gasteiger partial charge in [0.25, 0.3) is 0 Å². The van der Waals surface area contributed by atoms with Crippen molar-refractivity contribution in [1.82, 2.24) is 0 Å². The molecular weight excluding hydrogens is 214 g/mol. The number of nitrogens with two attached hydrogens (primary N) is 1. The zero-order valence-electron chi connectivity index (χ0n) is 8.37. The van der Waals surface area contributed by atoms with Gasteiger partial charge in [0.2, 0.25) is 0 Å². The predicted molar refractivity (Wildman–Crippen MR) is 61.5 cm³/mol. The lowest BCUT2D eigenvalue weighted by molar-refractivity contribution is -0.139. The summed E-state index contributed by atoms with van der Waals surface area (Å²) in [5.74, 6) is -0.280. The van der Waals surface area contributed by atoms with E-state index in [9.17, 15) is 4.79 Å². The fourth-order valence-electron chi connectivity index (χ4n) is 1.04. The summed E-state index contributed by atoms with van der Waals surface area (Å²) in [7, 11) is 1.35. The van der Waals surface area contributed by atoms with E-state index in [0.717, 1.165) is 5.56 Å². The number of halogens is 1. The fraction of sp³-hybridized carbons (Fsp3) is 0.182. The third-order valence-corrected chi connectivity index (χ3v) is 2.16. The molecule has 0 aliphatic carbocycles. The van der Waals surface area contributed by atoms with E-state index in [1.54, 1.807) is 30.4 Å². The first-order valence-corrected chi connectivity index (χ1v) is 4.79. The third-order valence-electron chi connectivity index (χ3n) is 1.83. The highest BCUT2D eigenvalue weighted by molar-refractivity contribution is 6.32. The Labute approximate surface area is 93.5 Å². The van der Waals surface area contributed by atoms with Crippen LogP contribution < -0.4 is 5.73 Å². The van der Waals surface area contributed by atoms with Crippen molar-refractivity contribution in [3.05, 3.63) is 34.9 Å². The minimum absolute atomic E-state index is 0.233. The molecule has 0 fully saturated rings. The van der Waals surface area contributed by atoms with Crippen LogP contribution in [0.4, 0.5) is 5.69 Å². The Balaban J connectivity index is 2.68. The van der Waals surface area contributed by atoms with Crippen LogP contribution in [0.1, 0.15) is 12.0 Å². The summed E-state index contributed by atoms with van der Waals surface area (Å²) in [4.78, 5) is 10.8. The van der Waals surface area contributed by atoms with Crippen molar-refractivity contribution in [3.8, 4) is 0 Å². The van der Waals surface area contributed by atoms with Gasteiger partial charge >= 0.3 is 5.97 Å². The zero-order valence-corrected chi connectivity index (χ0v) is 9.12. The molecule has 0 atom stereocenters. The lowest BCUT2D eigenvalue weighted by atomic mass is 10.2. The van der Waals surface area contributed by atoms with Crippen LogP contribution in [-0.2, 0) is 9.53 Å². The Hall–Kier alpha value is -1.48. The molecule has 2 N–H and O–H groups in total. The molecule has 1 aromatic carbocycles. The van der Waals surface area contributed by atoms with Crippen molar-refractivity contribution in [1.29, 1.82) is 0 Å². The quantitative estimate of drug-likeness (QED) is 0.635. The van der Waals surface area contributed by atoms with Crippen LogP contribution in [0, 0.1) is 0 Å². The topological polar surface area (TPSA) is 52.3 Å². The summed E-state index contributed by atoms with van der Waals surface area (Å²) in [5.41, 5.74) is 6.99. The largest absolute Gasteiger partial charge is 0.469 e. The van der Waals surface area contributed by atoms with Gasteiger partial charge in [0.1, 0.15) is 0 Å². The molecule has 3 nitrogen and oxygen atoms in total. The Morgan fingerprint density at radius 1 is 1.60 bits per heavy atom. The van der Waals surface area contributed by atoms with Gasteiger partial charge in [-0.1, -0.05) is 29.8 Å². The molecule has 0 radical (unpaired) electrons. The first kappa shape index (κ1) is 11.6. The molecule has 0 aliphatic heterocycles. The Morgan fingerprint density at radius 3 is 2.93 bits per heavy atom. The van der Waals surface area contributed by atoms with Gasteiger partial charge in [0.05, 0.1) is 13.5 Å². The van der Waals surface area contributed by atoms with Crippen molar-refractivity contribution >= 4 is 29.3 Å². The smallest absolute Gasteiger partial charge is 0.309 e. The molecule has 0 heterocycles. The van der Waals surface area contributed by atoms with Crippen LogP contribution in [-0.4, -0.2) is 13.1 Å². The van der Waals surface area contributed by atoms with Crippen LogP contribution in [0.25, 0.3) is 6.08 Å². The van der Waals surface area contributed by atoms with Crippen molar-refractivity contribution in [2.45, 2.75) is 6.42 Å². The monoisotopic (exact) mass is 225 g/mol. The van der Waals surface area contributed by atoms with Gasteiger partial charge in [-0.3, -0.25) is 4.79 Å². The first-order chi connectivity index (χ1) is 7.13. The summed E-state index contributed by atoms with van der Waals surface area (Å²) < 4.78 is 4.49. The predicted octanol–water partition coefficient (Wildman–Crippen LogP) is 2.50. The highest BCUT2D eigenvalue weighted by atomic mass is 35.5. The average molecular weight is 226 g/mol. The van der Waals surface area contributed by atoms with Crippen LogP contribution in [0.3, 0.4) is 0 Å². The standard InChI is InChI=1S/C11H12ClNO2/c1-15-11(14)4-2-3-8-5-6-9(13)7-10(8)12/h2-3,5-7H,4,13H2,1H3. The number of hydrogen-bond donors (Lipinski definition) is 1. The molecule has 0 saturated heterocycles. The van der Waals surface area contributed by atoms with Crippen LogP contribution in [0.5, 0.6) is 0 Å². The molecule has 0 amide bonds. The molecule has 1 rings (SSSR count). The van der Waals surface area contributed by atoms with E-state index in [1.807, 2.05) is 0 Å². The number of anilines is 1. The summed E-state index contributed by atoms with van der Waals surface area (Å²) in [5, 5.41) is 0.566. The van der Waals surface area contributed by atoms with Crippen LogP contribution in [0.15, 0.2) is 24.3 Å². The molecule has 0 saturated carbocycles. The van der Waals surface area contributed by atoms with Gasteiger partial charge < -0.3 is 10.5 Å². The minimum Gasteiger partial charge on any atom is -0.469 e. The molecule has 80 valence electrons. The van der Waals surface area contributed by atoms with Gasteiger partial charge in [-0.05, 0) is 17.7 Å². The van der Waals surface area contributed by atoms with Crippen LogP contribution in [0.2, 0.25) is 5.02 Å². The summed E-state index contributed by atoms with van der Waals surface area (Å²) in [6.45, 7) is 0. The van der Waals surface area contributed by atoms with Gasteiger partial charge in [-0.15, -0.1) is 0 Å². The van der Waals surface area contributed by atoms with Crippen molar-refractivity contribution in [3.63, 3.8) is 0 Å². The highest BCUT2D eigenvalue weighted by Gasteiger charge is 1.98. The minimum atomic E-state index is -0.280. The Kier molecular flexibility index (Phi) is 4.18. The van der Waals surface area contributed by atoms with E-state index in [2.05, 4.69) is 4.74 Å². The molecule has 4 heteroatoms. The first-order valence-electron chi connectivity index (χ1n) is 4.42. The third kappa shape index (κ3) is 3.64. The Bertz CT molecular complexity index is 388. The number of benzene rings is 1. The zero-order chi connectivity index (χ0) is 11.3. The number of rotatable bonds is 3. The van der Waals surface area contributed by atoms with Gasteiger partial charge in [-0.2, -0.15) is 0 Å². The number of hydrogen-bond acceptors (Lipinski definition) is 3.